The Morgan fingerprint density at radius 2 is 1.76 bits per heavy atom. The number of aryl methyl sites for hydroxylation is 1. The average Bonchev–Trinajstić information content (AvgIpc) is 3.59. The summed E-state index contributed by atoms with van der Waals surface area (Å²) in [4.78, 5) is 28.4. The summed E-state index contributed by atoms with van der Waals surface area (Å²) in [6.07, 6.45) is 3.85. The van der Waals surface area contributed by atoms with Crippen molar-refractivity contribution in [1.29, 1.82) is 0 Å². The van der Waals surface area contributed by atoms with Crippen LogP contribution in [-0.4, -0.2) is 40.2 Å². The molecule has 2 aliphatic heterocycles. The standard InChI is InChI=1S/C28H29N5O4S/c1-4-37-23-10-7-21(8-11-23)32-27(34)24(29-28(32)38)16-20-15-18(2)31(19(20)3)22-9-12-25(26(17-22)33(35)36)30-13-5-6-14-30/h7-12,15-17H,4-6,13-14H2,1-3H3,(H,29,38)/b24-16-. The molecule has 0 spiro atoms. The van der Waals surface area contributed by atoms with E-state index in [0.29, 0.717) is 34.5 Å². The topological polar surface area (TPSA) is 92.9 Å². The number of nitro benzene ring substituents is 1. The zero-order valence-corrected chi connectivity index (χ0v) is 22.4. The summed E-state index contributed by atoms with van der Waals surface area (Å²) in [6.45, 7) is 8.00. The van der Waals surface area contributed by atoms with Crippen molar-refractivity contribution in [2.24, 2.45) is 0 Å². The number of anilines is 2. The number of benzene rings is 2. The van der Waals surface area contributed by atoms with Crippen LogP contribution in [0.3, 0.4) is 0 Å². The molecule has 38 heavy (non-hydrogen) atoms. The molecule has 1 aromatic heterocycles. The Morgan fingerprint density at radius 1 is 1.08 bits per heavy atom. The Bertz CT molecular complexity index is 1450. The number of nitrogens with one attached hydrogen (secondary N) is 1. The number of aromatic nitrogens is 1. The highest BCUT2D eigenvalue weighted by molar-refractivity contribution is 7.80. The smallest absolute Gasteiger partial charge is 0.294 e. The maximum absolute atomic E-state index is 13.3. The van der Waals surface area contributed by atoms with Gasteiger partial charge in [-0.3, -0.25) is 19.8 Å². The summed E-state index contributed by atoms with van der Waals surface area (Å²) in [5.41, 5.74) is 5.05. The summed E-state index contributed by atoms with van der Waals surface area (Å²) in [5.74, 6) is 0.466. The Balaban J connectivity index is 1.45. The van der Waals surface area contributed by atoms with Crippen LogP contribution in [0.2, 0.25) is 0 Å². The number of carbonyl (C=O) groups is 1. The van der Waals surface area contributed by atoms with E-state index in [1.807, 2.05) is 43.5 Å². The maximum Gasteiger partial charge on any atom is 0.294 e. The molecule has 0 aliphatic carbocycles. The lowest BCUT2D eigenvalue weighted by atomic mass is 10.2. The summed E-state index contributed by atoms with van der Waals surface area (Å²) in [5, 5.41) is 15.3. The molecule has 2 aromatic carbocycles. The van der Waals surface area contributed by atoms with E-state index in [0.717, 1.165) is 48.6 Å². The molecule has 3 aromatic rings. The molecule has 0 atom stereocenters. The van der Waals surface area contributed by atoms with Crippen molar-refractivity contribution in [3.8, 4) is 11.4 Å². The molecule has 2 aliphatic rings. The number of nitrogens with zero attached hydrogens (tertiary/aromatic N) is 4. The Labute approximate surface area is 226 Å². The van der Waals surface area contributed by atoms with Crippen LogP contribution in [0.25, 0.3) is 11.8 Å². The molecule has 2 fully saturated rings. The van der Waals surface area contributed by atoms with Crippen molar-refractivity contribution in [3.05, 3.63) is 81.3 Å². The Hall–Kier alpha value is -4.18. The fraction of sp³-hybridized carbons (Fsp3) is 0.286. The predicted molar refractivity (Wildman–Crippen MR) is 152 cm³/mol. The summed E-state index contributed by atoms with van der Waals surface area (Å²) >= 11 is 5.46. The van der Waals surface area contributed by atoms with Crippen LogP contribution >= 0.6 is 12.2 Å². The zero-order chi connectivity index (χ0) is 27.0. The molecule has 10 heteroatoms. The molecule has 5 rings (SSSR count). The van der Waals surface area contributed by atoms with Gasteiger partial charge in [0.15, 0.2) is 5.11 Å². The van der Waals surface area contributed by atoms with E-state index in [1.165, 1.54) is 4.90 Å². The molecule has 9 nitrogen and oxygen atoms in total. The highest BCUT2D eigenvalue weighted by Gasteiger charge is 2.32. The number of rotatable bonds is 7. The van der Waals surface area contributed by atoms with Gasteiger partial charge in [-0.25, -0.2) is 0 Å². The van der Waals surface area contributed by atoms with Crippen molar-refractivity contribution < 1.29 is 14.5 Å². The molecule has 3 heterocycles. The summed E-state index contributed by atoms with van der Waals surface area (Å²) in [7, 11) is 0. The second-order valence-electron chi connectivity index (χ2n) is 9.34. The van der Waals surface area contributed by atoms with Gasteiger partial charge in [-0.15, -0.1) is 0 Å². The van der Waals surface area contributed by atoms with E-state index < -0.39 is 0 Å². The highest BCUT2D eigenvalue weighted by Crippen LogP contribution is 2.34. The van der Waals surface area contributed by atoms with Crippen molar-refractivity contribution in [2.45, 2.75) is 33.6 Å². The molecule has 0 radical (unpaired) electrons. The van der Waals surface area contributed by atoms with Crippen LogP contribution in [0.15, 0.2) is 54.2 Å². The van der Waals surface area contributed by atoms with Gasteiger partial charge in [0.25, 0.3) is 11.6 Å². The molecule has 0 unspecified atom stereocenters. The molecule has 1 amide bonds. The summed E-state index contributed by atoms with van der Waals surface area (Å²) in [6, 6.07) is 14.5. The van der Waals surface area contributed by atoms with Gasteiger partial charge >= 0.3 is 0 Å². The van der Waals surface area contributed by atoms with Gasteiger partial charge < -0.3 is 19.5 Å². The fourth-order valence-electron chi connectivity index (χ4n) is 5.14. The molecule has 0 bridgehead atoms. The summed E-state index contributed by atoms with van der Waals surface area (Å²) < 4.78 is 7.46. The fourth-order valence-corrected chi connectivity index (χ4v) is 5.44. The van der Waals surface area contributed by atoms with Crippen molar-refractivity contribution in [3.63, 3.8) is 0 Å². The predicted octanol–water partition coefficient (Wildman–Crippen LogP) is 5.26. The van der Waals surface area contributed by atoms with Crippen molar-refractivity contribution in [2.75, 3.05) is 29.5 Å². The van der Waals surface area contributed by atoms with E-state index >= 15 is 0 Å². The lowest BCUT2D eigenvalue weighted by Gasteiger charge is -2.19. The van der Waals surface area contributed by atoms with E-state index in [1.54, 1.807) is 36.4 Å². The van der Waals surface area contributed by atoms with Gasteiger partial charge in [0.05, 0.1) is 22.9 Å². The second kappa shape index (κ2) is 10.3. The Kier molecular flexibility index (Phi) is 6.90. The van der Waals surface area contributed by atoms with Gasteiger partial charge in [-0.05, 0) is 99.9 Å². The maximum atomic E-state index is 13.3. The van der Waals surface area contributed by atoms with Crippen molar-refractivity contribution in [1.82, 2.24) is 9.88 Å². The number of carbonyl (C=O) groups excluding carboxylic acids is 1. The van der Waals surface area contributed by atoms with E-state index in [4.69, 9.17) is 17.0 Å². The van der Waals surface area contributed by atoms with Crippen LogP contribution in [0.4, 0.5) is 17.1 Å². The molecule has 2 saturated heterocycles. The van der Waals surface area contributed by atoms with Crippen LogP contribution in [0.5, 0.6) is 5.75 Å². The van der Waals surface area contributed by atoms with E-state index in [2.05, 4.69) is 10.2 Å². The second-order valence-corrected chi connectivity index (χ2v) is 9.73. The van der Waals surface area contributed by atoms with Gasteiger partial charge in [-0.1, -0.05) is 0 Å². The molecule has 196 valence electrons. The molecular formula is C28H29N5O4S. The minimum Gasteiger partial charge on any atom is -0.494 e. The van der Waals surface area contributed by atoms with Crippen LogP contribution < -0.4 is 19.9 Å². The number of hydrogen-bond donors (Lipinski definition) is 1. The van der Waals surface area contributed by atoms with E-state index in [-0.39, 0.29) is 16.5 Å². The lowest BCUT2D eigenvalue weighted by molar-refractivity contribution is -0.384. The molecule has 1 N–H and O–H groups in total. The van der Waals surface area contributed by atoms with Crippen LogP contribution in [0, 0.1) is 24.0 Å². The number of hydrogen-bond acceptors (Lipinski definition) is 6. The number of amides is 1. The number of nitro groups is 1. The molecular weight excluding hydrogens is 502 g/mol. The third-order valence-corrected chi connectivity index (χ3v) is 7.20. The molecule has 0 saturated carbocycles. The average molecular weight is 532 g/mol. The lowest BCUT2D eigenvalue weighted by Crippen LogP contribution is -2.30. The first-order valence-corrected chi connectivity index (χ1v) is 13.0. The quantitative estimate of drug-likeness (QED) is 0.192. The van der Waals surface area contributed by atoms with Crippen LogP contribution in [0.1, 0.15) is 36.7 Å². The van der Waals surface area contributed by atoms with Gasteiger partial charge in [0.2, 0.25) is 0 Å². The minimum absolute atomic E-state index is 0.0980. The van der Waals surface area contributed by atoms with Crippen LogP contribution in [-0.2, 0) is 4.79 Å². The Morgan fingerprint density at radius 3 is 2.42 bits per heavy atom. The van der Waals surface area contributed by atoms with Gasteiger partial charge in [-0.2, -0.15) is 0 Å². The van der Waals surface area contributed by atoms with E-state index in [9.17, 15) is 14.9 Å². The SMILES string of the molecule is CCOc1ccc(N2C(=O)/C(=C/c3cc(C)n(-c4ccc(N5CCCC5)c([N+](=O)[O-])c4)c3C)NC2=S)cc1. The minimum atomic E-state index is -0.314. The normalized spacial score (nSPS) is 16.4. The first-order chi connectivity index (χ1) is 18.3. The monoisotopic (exact) mass is 531 g/mol. The highest BCUT2D eigenvalue weighted by atomic mass is 32.1. The van der Waals surface area contributed by atoms with Crippen molar-refractivity contribution >= 4 is 46.4 Å². The first-order valence-electron chi connectivity index (χ1n) is 12.6. The number of thiocarbonyl (C=S) groups is 1. The number of ether oxygens (including phenoxy) is 1. The first kappa shape index (κ1) is 25.5. The largest absolute Gasteiger partial charge is 0.494 e. The van der Waals surface area contributed by atoms with Gasteiger partial charge in [0, 0.05) is 30.5 Å². The third-order valence-electron chi connectivity index (χ3n) is 6.91. The zero-order valence-electron chi connectivity index (χ0n) is 21.6. The third kappa shape index (κ3) is 4.63. The van der Waals surface area contributed by atoms with Gasteiger partial charge in [0.1, 0.15) is 17.1 Å².